The first kappa shape index (κ1) is 7.41. The summed E-state index contributed by atoms with van der Waals surface area (Å²) in [4.78, 5) is 0.305. The molecule has 3 heteroatoms. The van der Waals surface area contributed by atoms with Gasteiger partial charge in [0.1, 0.15) is 0 Å². The van der Waals surface area contributed by atoms with Crippen LogP contribution in [-0.2, 0) is 0 Å². The van der Waals surface area contributed by atoms with Gasteiger partial charge in [0.25, 0.3) is 0 Å². The summed E-state index contributed by atoms with van der Waals surface area (Å²) in [5.41, 5.74) is 0. The molecule has 0 N–H and O–H groups in total. The van der Waals surface area contributed by atoms with Crippen LogP contribution < -0.4 is 4.74 Å². The Kier molecular flexibility index (Phi) is 2.17. The fourth-order valence-corrected chi connectivity index (χ4v) is 0.853. The number of benzene rings is 1. The molecule has 0 atom stereocenters. The number of hydrogen-bond donors (Lipinski definition) is 1. The van der Waals surface area contributed by atoms with E-state index >= 15 is 0 Å². The van der Waals surface area contributed by atoms with Gasteiger partial charge in [-0.25, -0.2) is 4.39 Å². The molecule has 0 aliphatic rings. The molecule has 0 unspecified atom stereocenters. The zero-order valence-electron chi connectivity index (χ0n) is 5.47. The molecule has 0 aromatic heterocycles. The summed E-state index contributed by atoms with van der Waals surface area (Å²) in [5.74, 6) is -0.180. The summed E-state index contributed by atoms with van der Waals surface area (Å²) in [6.45, 7) is 0. The number of methoxy groups -OCH3 is 1. The third-order valence-corrected chi connectivity index (χ3v) is 1.51. The molecular weight excluding hydrogens is 151 g/mol. The minimum Gasteiger partial charge on any atom is -0.494 e. The SMILES string of the molecule is COc1cccc(S)c1F. The third-order valence-electron chi connectivity index (χ3n) is 1.16. The minimum atomic E-state index is -0.409. The Morgan fingerprint density at radius 2 is 2.20 bits per heavy atom. The Hall–Kier alpha value is -0.700. The molecule has 0 amide bonds. The summed E-state index contributed by atoms with van der Waals surface area (Å²) in [7, 11) is 1.42. The standard InChI is InChI=1S/C7H7FOS/c1-9-5-3-2-4-6(10)7(5)8/h2-4,10H,1H3. The maximum absolute atomic E-state index is 12.8. The van der Waals surface area contributed by atoms with E-state index in [1.54, 1.807) is 18.2 Å². The highest BCUT2D eigenvalue weighted by atomic mass is 32.1. The highest BCUT2D eigenvalue weighted by Gasteiger charge is 2.02. The van der Waals surface area contributed by atoms with Gasteiger partial charge in [-0.2, -0.15) is 0 Å². The Bertz CT molecular complexity index is 237. The van der Waals surface area contributed by atoms with E-state index < -0.39 is 5.82 Å². The van der Waals surface area contributed by atoms with Crippen molar-refractivity contribution in [2.24, 2.45) is 0 Å². The Morgan fingerprint density at radius 1 is 1.50 bits per heavy atom. The lowest BCUT2D eigenvalue weighted by molar-refractivity contribution is 0.381. The fraction of sp³-hybridized carbons (Fsp3) is 0.143. The molecule has 54 valence electrons. The molecule has 0 spiro atoms. The van der Waals surface area contributed by atoms with Crippen molar-refractivity contribution in [3.05, 3.63) is 24.0 Å². The lowest BCUT2D eigenvalue weighted by Gasteiger charge is -2.01. The monoisotopic (exact) mass is 158 g/mol. The maximum Gasteiger partial charge on any atom is 0.178 e. The molecule has 0 fully saturated rings. The van der Waals surface area contributed by atoms with Crippen LogP contribution in [0.15, 0.2) is 23.1 Å². The van der Waals surface area contributed by atoms with Crippen molar-refractivity contribution in [1.82, 2.24) is 0 Å². The number of hydrogen-bond acceptors (Lipinski definition) is 2. The van der Waals surface area contributed by atoms with Gasteiger partial charge in [0, 0.05) is 4.90 Å². The van der Waals surface area contributed by atoms with E-state index in [1.165, 1.54) is 7.11 Å². The van der Waals surface area contributed by atoms with Gasteiger partial charge in [0.2, 0.25) is 0 Å². The van der Waals surface area contributed by atoms with E-state index in [4.69, 9.17) is 4.74 Å². The van der Waals surface area contributed by atoms with Crippen molar-refractivity contribution in [2.45, 2.75) is 4.90 Å². The van der Waals surface area contributed by atoms with Crippen molar-refractivity contribution in [3.8, 4) is 5.75 Å². The predicted octanol–water partition coefficient (Wildman–Crippen LogP) is 2.12. The Balaban J connectivity index is 3.14. The van der Waals surface area contributed by atoms with Crippen LogP contribution in [0, 0.1) is 5.82 Å². The van der Waals surface area contributed by atoms with Gasteiger partial charge in [-0.05, 0) is 12.1 Å². The van der Waals surface area contributed by atoms with E-state index in [2.05, 4.69) is 12.6 Å². The van der Waals surface area contributed by atoms with Crippen LogP contribution in [0.3, 0.4) is 0 Å². The first-order valence-corrected chi connectivity index (χ1v) is 3.22. The van der Waals surface area contributed by atoms with Gasteiger partial charge in [0.15, 0.2) is 11.6 Å². The molecule has 1 rings (SSSR count). The first-order chi connectivity index (χ1) is 4.75. The van der Waals surface area contributed by atoms with Crippen molar-refractivity contribution >= 4 is 12.6 Å². The van der Waals surface area contributed by atoms with Crippen molar-refractivity contribution in [1.29, 1.82) is 0 Å². The van der Waals surface area contributed by atoms with E-state index in [9.17, 15) is 4.39 Å². The van der Waals surface area contributed by atoms with E-state index in [1.807, 2.05) is 0 Å². The fourth-order valence-electron chi connectivity index (χ4n) is 0.657. The summed E-state index contributed by atoms with van der Waals surface area (Å²) >= 11 is 3.87. The van der Waals surface area contributed by atoms with Crippen molar-refractivity contribution < 1.29 is 9.13 Å². The minimum absolute atomic E-state index is 0.229. The Morgan fingerprint density at radius 3 is 2.70 bits per heavy atom. The van der Waals surface area contributed by atoms with Gasteiger partial charge in [-0.15, -0.1) is 12.6 Å². The molecule has 1 aromatic carbocycles. The lowest BCUT2D eigenvalue weighted by atomic mass is 10.3. The van der Waals surface area contributed by atoms with Gasteiger partial charge in [-0.1, -0.05) is 6.07 Å². The Labute approximate surface area is 64.2 Å². The molecular formula is C7H7FOS. The van der Waals surface area contributed by atoms with Crippen LogP contribution >= 0.6 is 12.6 Å². The quantitative estimate of drug-likeness (QED) is 0.616. The third kappa shape index (κ3) is 1.24. The molecule has 0 heterocycles. The molecule has 0 saturated carbocycles. The molecule has 0 radical (unpaired) electrons. The summed E-state index contributed by atoms with van der Waals surface area (Å²) in [5, 5.41) is 0. The van der Waals surface area contributed by atoms with Gasteiger partial charge >= 0.3 is 0 Å². The van der Waals surface area contributed by atoms with Crippen LogP contribution in [0.25, 0.3) is 0 Å². The number of halogens is 1. The molecule has 1 aromatic rings. The smallest absolute Gasteiger partial charge is 0.178 e. The zero-order valence-corrected chi connectivity index (χ0v) is 6.36. The second-order valence-corrected chi connectivity index (χ2v) is 2.28. The highest BCUT2D eigenvalue weighted by Crippen LogP contribution is 2.21. The number of rotatable bonds is 1. The molecule has 0 bridgehead atoms. The summed E-state index contributed by atoms with van der Waals surface area (Å²) < 4.78 is 17.5. The average molecular weight is 158 g/mol. The molecule has 0 aliphatic heterocycles. The topological polar surface area (TPSA) is 9.23 Å². The van der Waals surface area contributed by atoms with Crippen LogP contribution in [0.1, 0.15) is 0 Å². The lowest BCUT2D eigenvalue weighted by Crippen LogP contribution is -1.87. The molecule has 0 saturated heterocycles. The number of ether oxygens (including phenoxy) is 1. The number of thiol groups is 1. The van der Waals surface area contributed by atoms with Crippen molar-refractivity contribution in [2.75, 3.05) is 7.11 Å². The highest BCUT2D eigenvalue weighted by molar-refractivity contribution is 7.80. The average Bonchev–Trinajstić information content (AvgIpc) is 1.95. The first-order valence-electron chi connectivity index (χ1n) is 2.77. The van der Waals surface area contributed by atoms with E-state index in [-0.39, 0.29) is 5.75 Å². The van der Waals surface area contributed by atoms with Crippen LogP contribution in [-0.4, -0.2) is 7.11 Å². The van der Waals surface area contributed by atoms with Crippen LogP contribution in [0.4, 0.5) is 4.39 Å². The second kappa shape index (κ2) is 2.92. The second-order valence-electron chi connectivity index (χ2n) is 1.79. The van der Waals surface area contributed by atoms with Crippen molar-refractivity contribution in [3.63, 3.8) is 0 Å². The van der Waals surface area contributed by atoms with Crippen LogP contribution in [0.5, 0.6) is 5.75 Å². The summed E-state index contributed by atoms with van der Waals surface area (Å²) in [6.07, 6.45) is 0. The summed E-state index contributed by atoms with van der Waals surface area (Å²) in [6, 6.07) is 4.81. The predicted molar refractivity (Wildman–Crippen MR) is 40.2 cm³/mol. The molecule has 10 heavy (non-hydrogen) atoms. The maximum atomic E-state index is 12.8. The van der Waals surface area contributed by atoms with Gasteiger partial charge in [-0.3, -0.25) is 0 Å². The van der Waals surface area contributed by atoms with E-state index in [0.29, 0.717) is 4.90 Å². The normalized spacial score (nSPS) is 9.50. The molecule has 0 aliphatic carbocycles. The van der Waals surface area contributed by atoms with Gasteiger partial charge < -0.3 is 4.74 Å². The van der Waals surface area contributed by atoms with E-state index in [0.717, 1.165) is 0 Å². The largest absolute Gasteiger partial charge is 0.494 e. The van der Waals surface area contributed by atoms with Crippen LogP contribution in [0.2, 0.25) is 0 Å². The molecule has 1 nitrogen and oxygen atoms in total. The zero-order chi connectivity index (χ0) is 7.56. The van der Waals surface area contributed by atoms with Gasteiger partial charge in [0.05, 0.1) is 7.11 Å².